The third-order valence-corrected chi connectivity index (χ3v) is 1.69. The number of para-hydroxylation sites is 1. The highest BCUT2D eigenvalue weighted by atomic mass is 16.5. The minimum atomic E-state index is 0.219. The van der Waals surface area contributed by atoms with Gasteiger partial charge in [-0.15, -0.1) is 0 Å². The maximum Gasteiger partial charge on any atom is 0.129 e. The van der Waals surface area contributed by atoms with Gasteiger partial charge in [0.25, 0.3) is 0 Å². The van der Waals surface area contributed by atoms with Crippen LogP contribution in [-0.4, -0.2) is 12.4 Å². The van der Waals surface area contributed by atoms with Gasteiger partial charge in [0.1, 0.15) is 11.5 Å². The lowest BCUT2D eigenvalue weighted by atomic mass is 10.2. The van der Waals surface area contributed by atoms with Crippen molar-refractivity contribution in [3.8, 4) is 5.75 Å². The highest BCUT2D eigenvalue weighted by Gasteiger charge is 1.94. The van der Waals surface area contributed by atoms with E-state index in [0.29, 0.717) is 13.0 Å². The van der Waals surface area contributed by atoms with Crippen LogP contribution < -0.4 is 4.74 Å². The van der Waals surface area contributed by atoms with Gasteiger partial charge in [-0.25, -0.2) is 0 Å². The molecular weight excluding hydrogens is 164 g/mol. The summed E-state index contributed by atoms with van der Waals surface area (Å²) in [4.78, 5) is 10.6. The fraction of sp³-hybridized carbons (Fsp3) is 0.364. The van der Waals surface area contributed by atoms with Crippen molar-refractivity contribution in [2.45, 2.75) is 19.8 Å². The van der Waals surface area contributed by atoms with Gasteiger partial charge < -0.3 is 9.53 Å². The van der Waals surface area contributed by atoms with Crippen LogP contribution in [0.4, 0.5) is 0 Å². The second-order valence-electron chi connectivity index (χ2n) is 2.97. The van der Waals surface area contributed by atoms with Crippen molar-refractivity contribution >= 4 is 5.78 Å². The summed E-state index contributed by atoms with van der Waals surface area (Å²) >= 11 is 0. The normalized spacial score (nSPS) is 9.62. The summed E-state index contributed by atoms with van der Waals surface area (Å²) in [6, 6.07) is 9.63. The highest BCUT2D eigenvalue weighted by molar-refractivity contribution is 5.75. The lowest BCUT2D eigenvalue weighted by molar-refractivity contribution is -0.117. The van der Waals surface area contributed by atoms with Gasteiger partial charge in [0.2, 0.25) is 0 Å². The fourth-order valence-electron chi connectivity index (χ4n) is 1.03. The number of rotatable bonds is 5. The molecule has 0 aliphatic carbocycles. The van der Waals surface area contributed by atoms with Crippen molar-refractivity contribution in [3.05, 3.63) is 30.3 Å². The topological polar surface area (TPSA) is 26.3 Å². The van der Waals surface area contributed by atoms with Gasteiger partial charge in [-0.1, -0.05) is 18.2 Å². The zero-order valence-electron chi connectivity index (χ0n) is 7.82. The molecule has 0 heterocycles. The van der Waals surface area contributed by atoms with E-state index in [-0.39, 0.29) is 5.78 Å². The summed E-state index contributed by atoms with van der Waals surface area (Å²) in [5.74, 6) is 1.09. The predicted octanol–water partition coefficient (Wildman–Crippen LogP) is 2.43. The molecule has 13 heavy (non-hydrogen) atoms. The first kappa shape index (κ1) is 9.78. The van der Waals surface area contributed by atoms with Crippen LogP contribution in [0.5, 0.6) is 5.75 Å². The fourth-order valence-corrected chi connectivity index (χ4v) is 1.03. The molecule has 2 nitrogen and oxygen atoms in total. The Kier molecular flexibility index (Phi) is 4.03. The van der Waals surface area contributed by atoms with E-state index >= 15 is 0 Å². The van der Waals surface area contributed by atoms with Crippen molar-refractivity contribution < 1.29 is 9.53 Å². The predicted molar refractivity (Wildman–Crippen MR) is 51.9 cm³/mol. The lowest BCUT2D eigenvalue weighted by Gasteiger charge is -2.03. The van der Waals surface area contributed by atoms with Crippen LogP contribution in [0, 0.1) is 0 Å². The summed E-state index contributed by atoms with van der Waals surface area (Å²) in [6.45, 7) is 2.21. The monoisotopic (exact) mass is 178 g/mol. The summed E-state index contributed by atoms with van der Waals surface area (Å²) in [5, 5.41) is 0. The number of carbonyl (C=O) groups excluding carboxylic acids is 1. The van der Waals surface area contributed by atoms with E-state index in [9.17, 15) is 4.79 Å². The zero-order chi connectivity index (χ0) is 9.52. The number of ketones is 1. The molecule has 1 aromatic rings. The summed E-state index contributed by atoms with van der Waals surface area (Å²) in [5.41, 5.74) is 0. The second-order valence-corrected chi connectivity index (χ2v) is 2.97. The first-order chi connectivity index (χ1) is 6.29. The molecule has 0 atom stereocenters. The quantitative estimate of drug-likeness (QED) is 0.647. The lowest BCUT2D eigenvalue weighted by Crippen LogP contribution is -2.00. The van der Waals surface area contributed by atoms with Gasteiger partial charge in [-0.05, 0) is 25.5 Å². The molecule has 0 unspecified atom stereocenters. The van der Waals surface area contributed by atoms with E-state index in [1.54, 1.807) is 6.92 Å². The molecule has 70 valence electrons. The van der Waals surface area contributed by atoms with Crippen LogP contribution in [0.3, 0.4) is 0 Å². The van der Waals surface area contributed by atoms with Crippen LogP contribution in [0.1, 0.15) is 19.8 Å². The van der Waals surface area contributed by atoms with Gasteiger partial charge in [-0.2, -0.15) is 0 Å². The molecule has 0 bridgehead atoms. The van der Waals surface area contributed by atoms with E-state index in [2.05, 4.69) is 0 Å². The average Bonchev–Trinajstić information content (AvgIpc) is 2.14. The van der Waals surface area contributed by atoms with Crippen LogP contribution in [0.2, 0.25) is 0 Å². The van der Waals surface area contributed by atoms with Crippen molar-refractivity contribution in [3.63, 3.8) is 0 Å². The van der Waals surface area contributed by atoms with Gasteiger partial charge in [0, 0.05) is 6.42 Å². The Bertz CT molecular complexity index is 254. The maximum atomic E-state index is 10.6. The molecule has 0 aliphatic rings. The Hall–Kier alpha value is -1.31. The smallest absolute Gasteiger partial charge is 0.129 e. The van der Waals surface area contributed by atoms with E-state index in [4.69, 9.17) is 4.74 Å². The highest BCUT2D eigenvalue weighted by Crippen LogP contribution is 2.08. The van der Waals surface area contributed by atoms with Crippen molar-refractivity contribution in [1.82, 2.24) is 0 Å². The Morgan fingerprint density at radius 2 is 2.00 bits per heavy atom. The first-order valence-electron chi connectivity index (χ1n) is 4.46. The second kappa shape index (κ2) is 5.36. The number of hydrogen-bond acceptors (Lipinski definition) is 2. The van der Waals surface area contributed by atoms with Crippen LogP contribution in [0.15, 0.2) is 30.3 Å². The molecule has 0 aliphatic heterocycles. The van der Waals surface area contributed by atoms with Gasteiger partial charge in [0.05, 0.1) is 6.61 Å². The third-order valence-electron chi connectivity index (χ3n) is 1.69. The number of hydrogen-bond donors (Lipinski definition) is 0. The number of Topliss-reactive ketones (excluding diaryl/α,β-unsaturated/α-hetero) is 1. The summed E-state index contributed by atoms with van der Waals surface area (Å²) in [7, 11) is 0. The van der Waals surface area contributed by atoms with E-state index in [1.807, 2.05) is 30.3 Å². The number of carbonyl (C=O) groups is 1. The maximum absolute atomic E-state index is 10.6. The van der Waals surface area contributed by atoms with Crippen molar-refractivity contribution in [2.75, 3.05) is 6.61 Å². The zero-order valence-corrected chi connectivity index (χ0v) is 7.82. The number of benzene rings is 1. The van der Waals surface area contributed by atoms with E-state index < -0.39 is 0 Å². The van der Waals surface area contributed by atoms with Crippen LogP contribution >= 0.6 is 0 Å². The summed E-state index contributed by atoms with van der Waals surface area (Å²) < 4.78 is 5.40. The SMILES string of the molecule is CC(=O)CCCOc1ccccc1. The number of ether oxygens (including phenoxy) is 1. The third kappa shape index (κ3) is 4.31. The Balaban J connectivity index is 2.17. The summed E-state index contributed by atoms with van der Waals surface area (Å²) in [6.07, 6.45) is 1.40. The van der Waals surface area contributed by atoms with Crippen molar-refractivity contribution in [2.24, 2.45) is 0 Å². The minimum Gasteiger partial charge on any atom is -0.494 e. The molecule has 0 saturated heterocycles. The minimum absolute atomic E-state index is 0.219. The Labute approximate surface area is 78.5 Å². The van der Waals surface area contributed by atoms with Gasteiger partial charge in [-0.3, -0.25) is 0 Å². The van der Waals surface area contributed by atoms with Crippen LogP contribution in [0.25, 0.3) is 0 Å². The largest absolute Gasteiger partial charge is 0.494 e. The standard InChI is InChI=1S/C11H14O2/c1-10(12)6-5-9-13-11-7-3-2-4-8-11/h2-4,7-8H,5-6,9H2,1H3. The molecule has 2 heteroatoms. The van der Waals surface area contributed by atoms with Gasteiger partial charge in [0.15, 0.2) is 0 Å². The molecule has 0 saturated carbocycles. The molecule has 0 fully saturated rings. The molecule has 0 N–H and O–H groups in total. The molecule has 0 amide bonds. The van der Waals surface area contributed by atoms with E-state index in [0.717, 1.165) is 12.2 Å². The molecule has 0 radical (unpaired) electrons. The first-order valence-corrected chi connectivity index (χ1v) is 4.46. The Morgan fingerprint density at radius 1 is 1.31 bits per heavy atom. The molecular formula is C11H14O2. The molecule has 0 aromatic heterocycles. The average molecular weight is 178 g/mol. The Morgan fingerprint density at radius 3 is 2.62 bits per heavy atom. The van der Waals surface area contributed by atoms with Crippen molar-refractivity contribution in [1.29, 1.82) is 0 Å². The molecule has 0 spiro atoms. The molecule has 1 rings (SSSR count). The molecule has 1 aromatic carbocycles. The van der Waals surface area contributed by atoms with Crippen LogP contribution in [-0.2, 0) is 4.79 Å². The van der Waals surface area contributed by atoms with Gasteiger partial charge >= 0.3 is 0 Å². The van der Waals surface area contributed by atoms with E-state index in [1.165, 1.54) is 0 Å².